The van der Waals surface area contributed by atoms with Gasteiger partial charge in [0.1, 0.15) is 0 Å². The van der Waals surface area contributed by atoms with E-state index in [0.29, 0.717) is 5.69 Å². The van der Waals surface area contributed by atoms with E-state index >= 15 is 0 Å². The molecule has 1 heterocycles. The summed E-state index contributed by atoms with van der Waals surface area (Å²) >= 11 is 5.78. The number of hydrogen-bond acceptors (Lipinski definition) is 3. The summed E-state index contributed by atoms with van der Waals surface area (Å²) in [5.41, 5.74) is -0.457. The number of halogens is 4. The molecule has 1 aromatic heterocycles. The molecule has 3 rings (SSSR count). The molecule has 0 atom stereocenters. The van der Waals surface area contributed by atoms with Gasteiger partial charge in [0.05, 0.1) is 11.4 Å². The average Bonchev–Trinajstić information content (AvgIpc) is 3.26. The molecule has 0 spiro atoms. The summed E-state index contributed by atoms with van der Waals surface area (Å²) in [6, 6.07) is 6.79. The van der Waals surface area contributed by atoms with Crippen molar-refractivity contribution >= 4 is 21.6 Å². The standard InChI is InChI=1S/C15H15ClF3N3O2S/c16-11-2-1-3-12(8-11)25(23,24)20-6-7-22-13(10-4-5-10)9-14(21-22)15(17,18)19/h1-3,8-10,20H,4-7H2. The molecule has 136 valence electrons. The second-order valence-electron chi connectivity index (χ2n) is 5.80. The van der Waals surface area contributed by atoms with E-state index in [1.165, 1.54) is 22.9 Å². The fourth-order valence-corrected chi connectivity index (χ4v) is 3.78. The van der Waals surface area contributed by atoms with Crippen LogP contribution in [0.15, 0.2) is 35.2 Å². The maximum Gasteiger partial charge on any atom is 0.435 e. The van der Waals surface area contributed by atoms with Crippen LogP contribution >= 0.6 is 11.6 Å². The second kappa shape index (κ2) is 6.62. The van der Waals surface area contributed by atoms with E-state index in [2.05, 4.69) is 9.82 Å². The van der Waals surface area contributed by atoms with Gasteiger partial charge < -0.3 is 0 Å². The molecule has 0 radical (unpaired) electrons. The molecule has 0 amide bonds. The second-order valence-corrected chi connectivity index (χ2v) is 8.01. The van der Waals surface area contributed by atoms with Gasteiger partial charge in [0, 0.05) is 23.2 Å². The van der Waals surface area contributed by atoms with Crippen LogP contribution in [0.4, 0.5) is 13.2 Å². The van der Waals surface area contributed by atoms with E-state index in [9.17, 15) is 21.6 Å². The smallest absolute Gasteiger partial charge is 0.267 e. The molecule has 0 unspecified atom stereocenters. The Hall–Kier alpha value is -1.58. The first-order valence-corrected chi connectivity index (χ1v) is 9.43. The lowest BCUT2D eigenvalue weighted by atomic mass is 10.2. The zero-order valence-electron chi connectivity index (χ0n) is 12.9. The van der Waals surface area contributed by atoms with E-state index in [0.717, 1.165) is 18.9 Å². The van der Waals surface area contributed by atoms with Crippen LogP contribution in [0.1, 0.15) is 30.1 Å². The predicted molar refractivity (Wildman–Crippen MR) is 85.8 cm³/mol. The topological polar surface area (TPSA) is 64.0 Å². The predicted octanol–water partition coefficient (Wildman–Crippen LogP) is 3.41. The molecule has 1 aromatic carbocycles. The van der Waals surface area contributed by atoms with Gasteiger partial charge in [0.15, 0.2) is 5.69 Å². The highest BCUT2D eigenvalue weighted by Gasteiger charge is 2.37. The molecule has 1 fully saturated rings. The molecule has 25 heavy (non-hydrogen) atoms. The van der Waals surface area contributed by atoms with Crippen LogP contribution in [0.25, 0.3) is 0 Å². The molecular weight excluding hydrogens is 379 g/mol. The Kier molecular flexibility index (Phi) is 4.82. The van der Waals surface area contributed by atoms with Crippen LogP contribution in [0.2, 0.25) is 5.02 Å². The molecule has 10 heteroatoms. The van der Waals surface area contributed by atoms with Crippen molar-refractivity contribution in [1.29, 1.82) is 0 Å². The fourth-order valence-electron chi connectivity index (χ4n) is 2.46. The molecule has 5 nitrogen and oxygen atoms in total. The van der Waals surface area contributed by atoms with E-state index in [4.69, 9.17) is 11.6 Å². The third-order valence-corrected chi connectivity index (χ3v) is 5.51. The van der Waals surface area contributed by atoms with Crippen LogP contribution < -0.4 is 4.72 Å². The van der Waals surface area contributed by atoms with Crippen molar-refractivity contribution in [2.24, 2.45) is 0 Å². The number of aromatic nitrogens is 2. The monoisotopic (exact) mass is 393 g/mol. The van der Waals surface area contributed by atoms with E-state index in [1.54, 1.807) is 6.07 Å². The summed E-state index contributed by atoms with van der Waals surface area (Å²) in [5, 5.41) is 3.86. The number of sulfonamides is 1. The lowest BCUT2D eigenvalue weighted by molar-refractivity contribution is -0.141. The quantitative estimate of drug-likeness (QED) is 0.818. The minimum absolute atomic E-state index is 0.00105. The highest BCUT2D eigenvalue weighted by atomic mass is 35.5. The highest BCUT2D eigenvalue weighted by Crippen LogP contribution is 2.42. The molecule has 1 saturated carbocycles. The molecule has 2 aromatic rings. The Morgan fingerprint density at radius 1 is 1.28 bits per heavy atom. The van der Waals surface area contributed by atoms with Crippen LogP contribution in [0.3, 0.4) is 0 Å². The van der Waals surface area contributed by atoms with Gasteiger partial charge in [0.2, 0.25) is 10.0 Å². The Morgan fingerprint density at radius 3 is 2.60 bits per heavy atom. The number of nitrogens with zero attached hydrogens (tertiary/aromatic N) is 2. The summed E-state index contributed by atoms with van der Waals surface area (Å²) in [5.74, 6) is 0.0631. The minimum Gasteiger partial charge on any atom is -0.267 e. The summed E-state index contributed by atoms with van der Waals surface area (Å²) < 4.78 is 66.5. The van der Waals surface area contributed by atoms with Gasteiger partial charge in [-0.05, 0) is 37.1 Å². The normalized spacial score (nSPS) is 15.5. The first-order chi connectivity index (χ1) is 11.7. The van der Waals surface area contributed by atoms with Crippen LogP contribution in [0, 0.1) is 0 Å². The fraction of sp³-hybridized carbons (Fsp3) is 0.400. The number of benzene rings is 1. The molecule has 0 bridgehead atoms. The summed E-state index contributed by atoms with van der Waals surface area (Å²) in [6.45, 7) is -0.0603. The molecule has 1 N–H and O–H groups in total. The first-order valence-electron chi connectivity index (χ1n) is 7.57. The lowest BCUT2D eigenvalue weighted by Gasteiger charge is -2.09. The maximum absolute atomic E-state index is 12.8. The Morgan fingerprint density at radius 2 is 2.00 bits per heavy atom. The van der Waals surface area contributed by atoms with Crippen LogP contribution in [-0.4, -0.2) is 24.7 Å². The Labute approximate surface area is 147 Å². The number of nitrogens with one attached hydrogen (secondary N) is 1. The average molecular weight is 394 g/mol. The Balaban J connectivity index is 1.70. The van der Waals surface area contributed by atoms with E-state index < -0.39 is 21.9 Å². The molecule has 1 aliphatic carbocycles. The third kappa shape index (κ3) is 4.34. The van der Waals surface area contributed by atoms with Crippen molar-refractivity contribution < 1.29 is 21.6 Å². The molecule has 1 aliphatic rings. The summed E-state index contributed by atoms with van der Waals surface area (Å²) in [4.78, 5) is -0.00105. The van der Waals surface area contributed by atoms with Crippen molar-refractivity contribution in [2.75, 3.05) is 6.54 Å². The number of hydrogen-bond donors (Lipinski definition) is 1. The van der Waals surface area contributed by atoms with Gasteiger partial charge >= 0.3 is 6.18 Å². The van der Waals surface area contributed by atoms with Crippen molar-refractivity contribution in [3.8, 4) is 0 Å². The SMILES string of the molecule is O=S(=O)(NCCn1nc(C(F)(F)F)cc1C1CC1)c1cccc(Cl)c1. The van der Waals surface area contributed by atoms with Crippen molar-refractivity contribution in [3.63, 3.8) is 0 Å². The van der Waals surface area contributed by atoms with Gasteiger partial charge in [-0.2, -0.15) is 18.3 Å². The Bertz CT molecular complexity index is 876. The number of rotatable bonds is 6. The van der Waals surface area contributed by atoms with Gasteiger partial charge in [-0.25, -0.2) is 13.1 Å². The lowest BCUT2D eigenvalue weighted by Crippen LogP contribution is -2.28. The van der Waals surface area contributed by atoms with Gasteiger partial charge in [-0.3, -0.25) is 4.68 Å². The first kappa shape index (κ1) is 18.2. The highest BCUT2D eigenvalue weighted by molar-refractivity contribution is 7.89. The van der Waals surface area contributed by atoms with Gasteiger partial charge in [0.25, 0.3) is 0 Å². The summed E-state index contributed by atoms with van der Waals surface area (Å²) in [7, 11) is -3.79. The van der Waals surface area contributed by atoms with Crippen molar-refractivity contribution in [2.45, 2.75) is 36.4 Å². The zero-order chi connectivity index (χ0) is 18.2. The van der Waals surface area contributed by atoms with Crippen LogP contribution in [-0.2, 0) is 22.7 Å². The molecular formula is C15H15ClF3N3O2S. The van der Waals surface area contributed by atoms with Crippen molar-refractivity contribution in [1.82, 2.24) is 14.5 Å². The van der Waals surface area contributed by atoms with Gasteiger partial charge in [-0.15, -0.1) is 0 Å². The largest absolute Gasteiger partial charge is 0.435 e. The minimum atomic E-state index is -4.52. The van der Waals surface area contributed by atoms with Crippen LogP contribution in [0.5, 0.6) is 0 Å². The third-order valence-electron chi connectivity index (χ3n) is 3.82. The molecule has 0 saturated heterocycles. The molecule has 0 aliphatic heterocycles. The maximum atomic E-state index is 12.8. The van der Waals surface area contributed by atoms with E-state index in [1.807, 2.05) is 0 Å². The number of alkyl halides is 3. The van der Waals surface area contributed by atoms with Crippen molar-refractivity contribution in [3.05, 3.63) is 46.7 Å². The van der Waals surface area contributed by atoms with Gasteiger partial charge in [-0.1, -0.05) is 17.7 Å². The summed E-state index contributed by atoms with van der Waals surface area (Å²) in [6.07, 6.45) is -2.89. The van der Waals surface area contributed by atoms with E-state index in [-0.39, 0.29) is 28.9 Å². The zero-order valence-corrected chi connectivity index (χ0v) is 14.5.